The monoisotopic (exact) mass is 298 g/mol. The lowest BCUT2D eigenvalue weighted by molar-refractivity contribution is 0.0773. The summed E-state index contributed by atoms with van der Waals surface area (Å²) in [7, 11) is 0. The Hall–Kier alpha value is -0.640. The molecule has 0 aliphatic carbocycles. The highest BCUT2D eigenvalue weighted by molar-refractivity contribution is 6.31. The van der Waals surface area contributed by atoms with E-state index < -0.39 is 0 Å². The Kier molecular flexibility index (Phi) is 5.42. The number of benzene rings is 1. The summed E-state index contributed by atoms with van der Waals surface area (Å²) in [5, 5.41) is 0.505. The quantitative estimate of drug-likeness (QED) is 0.911. The zero-order valence-electron chi connectivity index (χ0n) is 12.3. The fraction of sp³-hybridized carbons (Fsp3) is 0.625. The van der Waals surface area contributed by atoms with Crippen LogP contribution in [0.5, 0.6) is 0 Å². The summed E-state index contributed by atoms with van der Waals surface area (Å²) in [6.07, 6.45) is 3.57. The van der Waals surface area contributed by atoms with Crippen molar-refractivity contribution in [3.8, 4) is 0 Å². The van der Waals surface area contributed by atoms with Gasteiger partial charge in [-0.15, -0.1) is 0 Å². The molecule has 112 valence electrons. The minimum absolute atomic E-state index is 0.175. The molecule has 1 aliphatic heterocycles. The second-order valence-corrected chi connectivity index (χ2v) is 6.18. The zero-order valence-corrected chi connectivity index (χ0v) is 13.0. The first-order valence-corrected chi connectivity index (χ1v) is 7.85. The fourth-order valence-electron chi connectivity index (χ4n) is 3.28. The average Bonchev–Trinajstić information content (AvgIpc) is 2.46. The van der Waals surface area contributed by atoms with Gasteiger partial charge in [-0.25, -0.2) is 4.39 Å². The van der Waals surface area contributed by atoms with E-state index in [-0.39, 0.29) is 11.9 Å². The van der Waals surface area contributed by atoms with E-state index in [1.807, 2.05) is 0 Å². The lowest BCUT2D eigenvalue weighted by Gasteiger charge is -2.42. The van der Waals surface area contributed by atoms with Gasteiger partial charge in [-0.05, 0) is 49.9 Å². The number of nitrogens with two attached hydrogens (primary N) is 1. The second kappa shape index (κ2) is 6.88. The van der Waals surface area contributed by atoms with Gasteiger partial charge in [0.15, 0.2) is 0 Å². The Balaban J connectivity index is 2.17. The van der Waals surface area contributed by atoms with Crippen LogP contribution in [0.3, 0.4) is 0 Å². The summed E-state index contributed by atoms with van der Waals surface area (Å²) in [5.41, 5.74) is 6.94. The third-order valence-electron chi connectivity index (χ3n) is 4.63. The molecule has 2 N–H and O–H groups in total. The van der Waals surface area contributed by atoms with E-state index >= 15 is 0 Å². The molecule has 1 aromatic rings. The molecule has 4 heteroatoms. The van der Waals surface area contributed by atoms with Gasteiger partial charge in [-0.1, -0.05) is 31.0 Å². The maximum Gasteiger partial charge on any atom is 0.124 e. The van der Waals surface area contributed by atoms with Crippen LogP contribution < -0.4 is 5.73 Å². The van der Waals surface area contributed by atoms with Gasteiger partial charge in [0.25, 0.3) is 0 Å². The van der Waals surface area contributed by atoms with Gasteiger partial charge >= 0.3 is 0 Å². The van der Waals surface area contributed by atoms with Crippen molar-refractivity contribution < 1.29 is 4.39 Å². The number of hydrogen-bond donors (Lipinski definition) is 1. The first-order valence-electron chi connectivity index (χ1n) is 7.47. The summed E-state index contributed by atoms with van der Waals surface area (Å²) in [6, 6.07) is 5.23. The Bertz CT molecular complexity index is 452. The predicted molar refractivity (Wildman–Crippen MR) is 82.4 cm³/mol. The van der Waals surface area contributed by atoms with Gasteiger partial charge in [0.05, 0.1) is 0 Å². The molecule has 0 spiro atoms. The Morgan fingerprint density at radius 2 is 2.25 bits per heavy atom. The van der Waals surface area contributed by atoms with E-state index in [4.69, 9.17) is 17.3 Å². The summed E-state index contributed by atoms with van der Waals surface area (Å²) in [5.74, 6) is 0.488. The molecule has 2 nitrogen and oxygen atoms in total. The molecule has 2 rings (SSSR count). The molecule has 1 fully saturated rings. The molecule has 0 radical (unpaired) electrons. The second-order valence-electron chi connectivity index (χ2n) is 5.77. The standard InChI is InChI=1S/C16H24ClFN2/c1-3-12-6-7-20(14(8-12)10-19)11(2)15-5-4-13(18)9-16(15)17/h4-5,9,11-12,14H,3,6-8,10,19H2,1-2H3. The van der Waals surface area contributed by atoms with Crippen LogP contribution in [0, 0.1) is 11.7 Å². The minimum atomic E-state index is -0.286. The molecule has 3 unspecified atom stereocenters. The maximum atomic E-state index is 13.2. The van der Waals surface area contributed by atoms with Crippen molar-refractivity contribution in [3.63, 3.8) is 0 Å². The summed E-state index contributed by atoms with van der Waals surface area (Å²) < 4.78 is 13.2. The highest BCUT2D eigenvalue weighted by atomic mass is 35.5. The molecule has 0 amide bonds. The summed E-state index contributed by atoms with van der Waals surface area (Å²) in [6.45, 7) is 6.08. The van der Waals surface area contributed by atoms with Gasteiger partial charge in [0, 0.05) is 23.7 Å². The minimum Gasteiger partial charge on any atom is -0.329 e. The molecule has 0 saturated carbocycles. The fourth-order valence-corrected chi connectivity index (χ4v) is 3.61. The Labute approximate surface area is 126 Å². The topological polar surface area (TPSA) is 29.3 Å². The van der Waals surface area contributed by atoms with Crippen molar-refractivity contribution in [2.75, 3.05) is 13.1 Å². The van der Waals surface area contributed by atoms with Crippen LogP contribution in [0.4, 0.5) is 4.39 Å². The Morgan fingerprint density at radius 3 is 2.85 bits per heavy atom. The predicted octanol–water partition coefficient (Wildman–Crippen LogP) is 3.99. The highest BCUT2D eigenvalue weighted by Crippen LogP contribution is 2.34. The van der Waals surface area contributed by atoms with Crippen molar-refractivity contribution in [3.05, 3.63) is 34.6 Å². The van der Waals surface area contributed by atoms with Gasteiger partial charge < -0.3 is 5.73 Å². The van der Waals surface area contributed by atoms with Crippen LogP contribution in [0.1, 0.15) is 44.7 Å². The van der Waals surface area contributed by atoms with E-state index in [0.29, 0.717) is 17.6 Å². The molecule has 1 aliphatic rings. The largest absolute Gasteiger partial charge is 0.329 e. The van der Waals surface area contributed by atoms with Gasteiger partial charge in [0.2, 0.25) is 0 Å². The van der Waals surface area contributed by atoms with Crippen LogP contribution >= 0.6 is 11.6 Å². The normalized spacial score (nSPS) is 25.6. The zero-order chi connectivity index (χ0) is 14.7. The van der Waals surface area contributed by atoms with Crippen molar-refractivity contribution in [2.24, 2.45) is 11.7 Å². The lowest BCUT2D eigenvalue weighted by atomic mass is 9.87. The molecule has 20 heavy (non-hydrogen) atoms. The highest BCUT2D eigenvalue weighted by Gasteiger charge is 2.31. The molecule has 1 saturated heterocycles. The van der Waals surface area contributed by atoms with Crippen LogP contribution in [-0.2, 0) is 0 Å². The van der Waals surface area contributed by atoms with E-state index in [1.54, 1.807) is 6.07 Å². The first-order chi connectivity index (χ1) is 9.56. The number of rotatable bonds is 4. The van der Waals surface area contributed by atoms with E-state index in [2.05, 4.69) is 18.7 Å². The average molecular weight is 299 g/mol. The molecular formula is C16H24ClFN2. The van der Waals surface area contributed by atoms with Crippen molar-refractivity contribution in [1.29, 1.82) is 0 Å². The van der Waals surface area contributed by atoms with Crippen molar-refractivity contribution in [2.45, 2.75) is 45.2 Å². The molecule has 0 aromatic heterocycles. The molecule has 3 atom stereocenters. The SMILES string of the molecule is CCC1CCN(C(C)c2ccc(F)cc2Cl)C(CN)C1. The third-order valence-corrected chi connectivity index (χ3v) is 4.96. The van der Waals surface area contributed by atoms with E-state index in [9.17, 15) is 4.39 Å². The maximum absolute atomic E-state index is 13.2. The van der Waals surface area contributed by atoms with Crippen LogP contribution in [0.2, 0.25) is 5.02 Å². The van der Waals surface area contributed by atoms with Gasteiger partial charge in [-0.2, -0.15) is 0 Å². The number of nitrogens with zero attached hydrogens (tertiary/aromatic N) is 1. The van der Waals surface area contributed by atoms with Gasteiger partial charge in [0.1, 0.15) is 5.82 Å². The number of piperidine rings is 1. The smallest absolute Gasteiger partial charge is 0.124 e. The van der Waals surface area contributed by atoms with Crippen molar-refractivity contribution in [1.82, 2.24) is 4.90 Å². The summed E-state index contributed by atoms with van der Waals surface area (Å²) >= 11 is 6.19. The molecule has 0 bridgehead atoms. The Morgan fingerprint density at radius 1 is 1.50 bits per heavy atom. The van der Waals surface area contributed by atoms with E-state index in [1.165, 1.54) is 25.0 Å². The van der Waals surface area contributed by atoms with Gasteiger partial charge in [-0.3, -0.25) is 4.90 Å². The number of hydrogen-bond acceptors (Lipinski definition) is 2. The lowest BCUT2D eigenvalue weighted by Crippen LogP contribution is -2.47. The van der Waals surface area contributed by atoms with Crippen LogP contribution in [0.15, 0.2) is 18.2 Å². The van der Waals surface area contributed by atoms with Crippen LogP contribution in [-0.4, -0.2) is 24.0 Å². The van der Waals surface area contributed by atoms with Crippen molar-refractivity contribution >= 4 is 11.6 Å². The first kappa shape index (κ1) is 15.7. The van der Waals surface area contributed by atoms with E-state index in [0.717, 1.165) is 24.4 Å². The molecule has 1 aromatic carbocycles. The third kappa shape index (κ3) is 3.33. The molecular weight excluding hydrogens is 275 g/mol. The van der Waals surface area contributed by atoms with Crippen LogP contribution in [0.25, 0.3) is 0 Å². The number of halogens is 2. The molecule has 1 heterocycles. The number of likely N-dealkylation sites (tertiary alicyclic amines) is 1. The summed E-state index contributed by atoms with van der Waals surface area (Å²) in [4.78, 5) is 2.42.